The van der Waals surface area contributed by atoms with Crippen molar-refractivity contribution in [3.8, 4) is 5.75 Å². The molecular weight excluding hydrogens is 322 g/mol. The Hall–Kier alpha value is -2.12. The van der Waals surface area contributed by atoms with Crippen molar-refractivity contribution in [1.29, 1.82) is 0 Å². The number of carbonyl (C=O) groups excluding carboxylic acids is 2. The molecule has 7 heteroatoms. The van der Waals surface area contributed by atoms with Gasteiger partial charge in [0, 0.05) is 6.42 Å². The maximum atomic E-state index is 12.3. The van der Waals surface area contributed by atoms with E-state index in [-0.39, 0.29) is 6.42 Å². The fraction of sp³-hybridized carbons (Fsp3) is 0.556. The number of ether oxygens (including phenoxy) is 2. The zero-order valence-corrected chi connectivity index (χ0v) is 15.5. The van der Waals surface area contributed by atoms with Crippen molar-refractivity contribution in [3.05, 3.63) is 29.8 Å². The van der Waals surface area contributed by atoms with Gasteiger partial charge in [0.05, 0.1) is 18.8 Å². The second-order valence-electron chi connectivity index (χ2n) is 6.98. The van der Waals surface area contributed by atoms with Crippen molar-refractivity contribution in [3.63, 3.8) is 0 Å². The van der Waals surface area contributed by atoms with Crippen LogP contribution in [-0.2, 0) is 20.7 Å². The highest BCUT2D eigenvalue weighted by Crippen LogP contribution is 2.14. The van der Waals surface area contributed by atoms with Crippen LogP contribution >= 0.6 is 0 Å². The number of benzene rings is 1. The third-order valence-corrected chi connectivity index (χ3v) is 3.61. The Balaban J connectivity index is 2.72. The number of rotatable bonds is 8. The van der Waals surface area contributed by atoms with Gasteiger partial charge in [0.2, 0.25) is 11.8 Å². The molecule has 140 valence electrons. The fourth-order valence-electron chi connectivity index (χ4n) is 2.33. The molecule has 0 saturated carbocycles. The Labute approximate surface area is 149 Å². The van der Waals surface area contributed by atoms with Crippen LogP contribution in [0.25, 0.3) is 0 Å². The predicted octanol–water partition coefficient (Wildman–Crippen LogP) is 0.739. The van der Waals surface area contributed by atoms with Crippen molar-refractivity contribution in [2.24, 2.45) is 11.5 Å². The maximum absolute atomic E-state index is 12.3. The second-order valence-corrected chi connectivity index (χ2v) is 6.98. The van der Waals surface area contributed by atoms with Gasteiger partial charge in [-0.3, -0.25) is 9.59 Å². The molecular formula is C18H29N3O4. The van der Waals surface area contributed by atoms with E-state index in [1.54, 1.807) is 26.2 Å². The van der Waals surface area contributed by atoms with Crippen LogP contribution in [0, 0.1) is 0 Å². The first-order valence-corrected chi connectivity index (χ1v) is 8.19. The number of amides is 2. The van der Waals surface area contributed by atoms with Crippen molar-refractivity contribution < 1.29 is 19.1 Å². The summed E-state index contributed by atoms with van der Waals surface area (Å²) in [5.41, 5.74) is 11.8. The highest BCUT2D eigenvalue weighted by atomic mass is 16.5. The molecule has 0 fully saturated rings. The molecule has 0 bridgehead atoms. The summed E-state index contributed by atoms with van der Waals surface area (Å²) in [6.45, 7) is 7.36. The molecule has 5 N–H and O–H groups in total. The number of hydrogen-bond donors (Lipinski definition) is 3. The highest BCUT2D eigenvalue weighted by Gasteiger charge is 2.28. The molecule has 0 saturated heterocycles. The molecule has 0 aliphatic heterocycles. The smallest absolute Gasteiger partial charge is 0.240 e. The van der Waals surface area contributed by atoms with Crippen LogP contribution in [0.2, 0.25) is 0 Å². The van der Waals surface area contributed by atoms with E-state index in [0.717, 1.165) is 5.56 Å². The van der Waals surface area contributed by atoms with Gasteiger partial charge in [0.15, 0.2) is 0 Å². The SMILES string of the molecule is COc1ccc(C[C@H](NC(=O)[C@@H](N)[C@@H](C)OC(C)(C)C)C(N)=O)cc1. The average molecular weight is 351 g/mol. The Morgan fingerprint density at radius 1 is 1.20 bits per heavy atom. The Morgan fingerprint density at radius 2 is 1.76 bits per heavy atom. The van der Waals surface area contributed by atoms with Crippen molar-refractivity contribution in [2.45, 2.75) is 57.9 Å². The zero-order chi connectivity index (χ0) is 19.2. The van der Waals surface area contributed by atoms with Crippen LogP contribution < -0.4 is 21.5 Å². The molecule has 25 heavy (non-hydrogen) atoms. The van der Waals surface area contributed by atoms with Crippen LogP contribution in [0.1, 0.15) is 33.3 Å². The summed E-state index contributed by atoms with van der Waals surface area (Å²) in [6, 6.07) is 5.42. The van der Waals surface area contributed by atoms with Gasteiger partial charge in [-0.05, 0) is 45.4 Å². The van der Waals surface area contributed by atoms with E-state index in [4.69, 9.17) is 20.9 Å². The lowest BCUT2D eigenvalue weighted by Crippen LogP contribution is -2.55. The van der Waals surface area contributed by atoms with E-state index in [1.165, 1.54) is 0 Å². The van der Waals surface area contributed by atoms with E-state index in [9.17, 15) is 9.59 Å². The zero-order valence-electron chi connectivity index (χ0n) is 15.5. The maximum Gasteiger partial charge on any atom is 0.240 e. The summed E-state index contributed by atoms with van der Waals surface area (Å²) in [5.74, 6) is -0.395. The van der Waals surface area contributed by atoms with Gasteiger partial charge in [0.25, 0.3) is 0 Å². The molecule has 1 rings (SSSR count). The number of methoxy groups -OCH3 is 1. The quantitative estimate of drug-likeness (QED) is 0.639. The minimum Gasteiger partial charge on any atom is -0.497 e. The number of nitrogens with one attached hydrogen (secondary N) is 1. The van der Waals surface area contributed by atoms with Crippen molar-refractivity contribution in [1.82, 2.24) is 5.32 Å². The largest absolute Gasteiger partial charge is 0.497 e. The van der Waals surface area contributed by atoms with Gasteiger partial charge in [0.1, 0.15) is 17.8 Å². The molecule has 1 aromatic rings. The van der Waals surface area contributed by atoms with E-state index in [0.29, 0.717) is 5.75 Å². The summed E-state index contributed by atoms with van der Waals surface area (Å²) in [5, 5.41) is 2.61. The lowest BCUT2D eigenvalue weighted by atomic mass is 10.0. The Morgan fingerprint density at radius 3 is 2.20 bits per heavy atom. The number of primary amides is 1. The van der Waals surface area contributed by atoms with Crippen LogP contribution in [-0.4, -0.2) is 42.7 Å². The summed E-state index contributed by atoms with van der Waals surface area (Å²) < 4.78 is 10.8. The van der Waals surface area contributed by atoms with Crippen molar-refractivity contribution in [2.75, 3.05) is 7.11 Å². The van der Waals surface area contributed by atoms with E-state index >= 15 is 0 Å². The summed E-state index contributed by atoms with van der Waals surface area (Å²) in [7, 11) is 1.57. The molecule has 7 nitrogen and oxygen atoms in total. The first-order chi connectivity index (χ1) is 11.5. The molecule has 0 aliphatic rings. The van der Waals surface area contributed by atoms with Gasteiger partial charge in [-0.15, -0.1) is 0 Å². The summed E-state index contributed by atoms with van der Waals surface area (Å²) in [4.78, 5) is 24.0. The molecule has 0 spiro atoms. The fourth-order valence-corrected chi connectivity index (χ4v) is 2.33. The molecule has 1 aromatic carbocycles. The molecule has 0 unspecified atom stereocenters. The predicted molar refractivity (Wildman–Crippen MR) is 96.1 cm³/mol. The monoisotopic (exact) mass is 351 g/mol. The normalized spacial score (nSPS) is 15.1. The van der Waals surface area contributed by atoms with Gasteiger partial charge in [-0.1, -0.05) is 12.1 Å². The topological polar surface area (TPSA) is 117 Å². The minimum atomic E-state index is -0.906. The molecule has 3 atom stereocenters. The minimum absolute atomic E-state index is 0.270. The average Bonchev–Trinajstić information content (AvgIpc) is 2.52. The summed E-state index contributed by atoms with van der Waals surface area (Å²) >= 11 is 0. The van der Waals surface area contributed by atoms with Crippen LogP contribution in [0.5, 0.6) is 5.75 Å². The van der Waals surface area contributed by atoms with Crippen LogP contribution in [0.3, 0.4) is 0 Å². The third kappa shape index (κ3) is 7.11. The van der Waals surface area contributed by atoms with Gasteiger partial charge in [-0.25, -0.2) is 0 Å². The van der Waals surface area contributed by atoms with Crippen molar-refractivity contribution >= 4 is 11.8 Å². The number of carbonyl (C=O) groups is 2. The first-order valence-electron chi connectivity index (χ1n) is 8.19. The van der Waals surface area contributed by atoms with Crippen LogP contribution in [0.15, 0.2) is 24.3 Å². The first kappa shape index (κ1) is 20.9. The molecule has 0 aromatic heterocycles. The van der Waals surface area contributed by atoms with E-state index in [2.05, 4.69) is 5.32 Å². The Bertz CT molecular complexity index is 581. The van der Waals surface area contributed by atoms with E-state index < -0.39 is 35.6 Å². The van der Waals surface area contributed by atoms with Gasteiger partial charge < -0.3 is 26.3 Å². The van der Waals surface area contributed by atoms with Crippen LogP contribution in [0.4, 0.5) is 0 Å². The Kier molecular flexibility index (Phi) is 7.38. The summed E-state index contributed by atoms with van der Waals surface area (Å²) in [6.07, 6.45) is -0.235. The lowest BCUT2D eigenvalue weighted by molar-refractivity contribution is -0.133. The van der Waals surface area contributed by atoms with Gasteiger partial charge >= 0.3 is 0 Å². The lowest BCUT2D eigenvalue weighted by Gasteiger charge is -2.29. The second kappa shape index (κ2) is 8.82. The highest BCUT2D eigenvalue weighted by molar-refractivity contribution is 5.89. The van der Waals surface area contributed by atoms with E-state index in [1.807, 2.05) is 32.9 Å². The third-order valence-electron chi connectivity index (χ3n) is 3.61. The number of nitrogens with two attached hydrogens (primary N) is 2. The molecule has 0 radical (unpaired) electrons. The standard InChI is InChI=1S/C18H29N3O4/c1-11(25-18(2,3)4)15(19)17(23)21-14(16(20)22)10-12-6-8-13(24-5)9-7-12/h6-9,11,14-15H,10,19H2,1-5H3,(H2,20,22)(H,21,23)/t11-,14+,15+/m1/s1. The molecule has 0 aliphatic carbocycles. The molecule has 0 heterocycles. The molecule has 2 amide bonds. The number of hydrogen-bond acceptors (Lipinski definition) is 5. The van der Waals surface area contributed by atoms with Gasteiger partial charge in [-0.2, -0.15) is 0 Å².